The van der Waals surface area contributed by atoms with Crippen LogP contribution in [-0.2, 0) is 35.5 Å². The number of ether oxygens (including phenoxy) is 1. The van der Waals surface area contributed by atoms with Crippen molar-refractivity contribution in [1.29, 1.82) is 0 Å². The zero-order valence-electron chi connectivity index (χ0n) is 14.8. The second kappa shape index (κ2) is 8.58. The number of nitrogens with one attached hydrogen (secondary N) is 1. The van der Waals surface area contributed by atoms with Crippen LogP contribution in [0.25, 0.3) is 0 Å². The van der Waals surface area contributed by atoms with Gasteiger partial charge in [0.15, 0.2) is 9.45 Å². The van der Waals surface area contributed by atoms with Gasteiger partial charge in [-0.3, -0.25) is 9.59 Å². The molecule has 0 saturated carbocycles. The summed E-state index contributed by atoms with van der Waals surface area (Å²) in [5.74, 6) is -2.42. The summed E-state index contributed by atoms with van der Waals surface area (Å²) >= 11 is 12.6. The van der Waals surface area contributed by atoms with Gasteiger partial charge in [-0.25, -0.2) is 19.4 Å². The van der Waals surface area contributed by atoms with Crippen LogP contribution in [-0.4, -0.2) is 55.8 Å². The van der Waals surface area contributed by atoms with Crippen molar-refractivity contribution >= 4 is 73.4 Å². The Bertz CT molecular complexity index is 850. The molecule has 3 saturated heterocycles. The van der Waals surface area contributed by atoms with Gasteiger partial charge in [0.1, 0.15) is 16.4 Å². The minimum absolute atomic E-state index is 0.0582. The third-order valence-electron chi connectivity index (χ3n) is 4.22. The molecule has 3 atom stereocenters. The smallest absolute Gasteiger partial charge is 0.383 e. The van der Waals surface area contributed by atoms with Gasteiger partial charge in [0.2, 0.25) is 5.91 Å². The SMILES string of the molecule is COc1ccc(CN2C(=O)C3NC(=O)C2C(S)(C(=O)OOC(=O)C(S)S)S3)cc1. The summed E-state index contributed by atoms with van der Waals surface area (Å²) in [6.07, 6.45) is 0. The van der Waals surface area contributed by atoms with Crippen molar-refractivity contribution in [2.45, 2.75) is 26.6 Å². The van der Waals surface area contributed by atoms with Gasteiger partial charge in [0.05, 0.1) is 7.11 Å². The van der Waals surface area contributed by atoms with E-state index >= 15 is 0 Å². The minimum Gasteiger partial charge on any atom is -0.497 e. The average Bonchev–Trinajstić information content (AvgIpc) is 2.69. The van der Waals surface area contributed by atoms with E-state index in [9.17, 15) is 19.2 Å². The maximum atomic E-state index is 12.7. The number of rotatable bonds is 5. The summed E-state index contributed by atoms with van der Waals surface area (Å²) in [6.45, 7) is 0.0582. The molecule has 0 spiro atoms. The van der Waals surface area contributed by atoms with E-state index in [4.69, 9.17) is 4.74 Å². The number of hydrogen-bond acceptors (Lipinski definition) is 11. The van der Waals surface area contributed by atoms with Crippen molar-refractivity contribution in [1.82, 2.24) is 10.2 Å². The largest absolute Gasteiger partial charge is 0.497 e. The third kappa shape index (κ3) is 4.27. The molecular formula is C16H16N2O7S4. The first-order chi connectivity index (χ1) is 13.7. The van der Waals surface area contributed by atoms with E-state index in [1.165, 1.54) is 12.0 Å². The fourth-order valence-electron chi connectivity index (χ4n) is 2.84. The van der Waals surface area contributed by atoms with Crippen molar-refractivity contribution in [2.75, 3.05) is 7.11 Å². The Hall–Kier alpha value is -1.70. The van der Waals surface area contributed by atoms with Gasteiger partial charge in [0.25, 0.3) is 5.91 Å². The molecule has 0 radical (unpaired) electrons. The number of carbonyl (C=O) groups is 4. The van der Waals surface area contributed by atoms with Gasteiger partial charge in [0, 0.05) is 6.54 Å². The standard InChI is InChI=1S/C16H16N2O7S4/c1-23-8-4-2-7(3-5-8)6-18-9-10(19)17-11(12(18)20)29-16(9,28)15(22)25-24-13(21)14(26)27/h2-5,9,11,14,26-28H,6H2,1H3,(H,17,19). The Morgan fingerprint density at radius 2 is 1.90 bits per heavy atom. The van der Waals surface area contributed by atoms with Gasteiger partial charge in [-0.15, -0.1) is 12.6 Å². The van der Waals surface area contributed by atoms with E-state index in [2.05, 4.69) is 53.0 Å². The molecule has 156 valence electrons. The number of amides is 2. The molecule has 3 unspecified atom stereocenters. The first kappa shape index (κ1) is 22.0. The van der Waals surface area contributed by atoms with Crippen LogP contribution in [0.4, 0.5) is 0 Å². The Labute approximate surface area is 186 Å². The molecule has 0 aliphatic carbocycles. The molecule has 1 aromatic rings. The molecule has 0 aromatic heterocycles. The Morgan fingerprint density at radius 1 is 1.24 bits per heavy atom. The van der Waals surface area contributed by atoms with Crippen LogP contribution in [0.3, 0.4) is 0 Å². The van der Waals surface area contributed by atoms with Gasteiger partial charge in [-0.1, -0.05) is 23.9 Å². The summed E-state index contributed by atoms with van der Waals surface area (Å²) in [6, 6.07) is 5.61. The summed E-state index contributed by atoms with van der Waals surface area (Å²) in [5.41, 5.74) is 0.716. The number of methoxy groups -OCH3 is 1. The van der Waals surface area contributed by atoms with Crippen LogP contribution in [0.5, 0.6) is 5.75 Å². The Balaban J connectivity index is 1.82. The van der Waals surface area contributed by atoms with Crippen LogP contribution in [0.1, 0.15) is 5.56 Å². The Kier molecular flexibility index (Phi) is 6.51. The molecule has 3 fully saturated rings. The molecule has 3 heterocycles. The van der Waals surface area contributed by atoms with Crippen molar-refractivity contribution in [2.24, 2.45) is 0 Å². The lowest BCUT2D eigenvalue weighted by Crippen LogP contribution is -2.74. The lowest BCUT2D eigenvalue weighted by Gasteiger charge is -2.50. The fourth-order valence-corrected chi connectivity index (χ4v) is 4.80. The van der Waals surface area contributed by atoms with Crippen LogP contribution >= 0.6 is 49.6 Å². The molecular weight excluding hydrogens is 460 g/mol. The lowest BCUT2D eigenvalue weighted by molar-refractivity contribution is -0.258. The van der Waals surface area contributed by atoms with E-state index in [0.29, 0.717) is 11.3 Å². The molecule has 1 aromatic carbocycles. The fraction of sp³-hybridized carbons (Fsp3) is 0.375. The quantitative estimate of drug-likeness (QED) is 0.209. The van der Waals surface area contributed by atoms with Gasteiger partial charge >= 0.3 is 11.9 Å². The number of benzene rings is 1. The second-order valence-corrected chi connectivity index (χ2v) is 9.87. The highest BCUT2D eigenvalue weighted by Gasteiger charge is 2.64. The predicted molar refractivity (Wildman–Crippen MR) is 113 cm³/mol. The molecule has 13 heteroatoms. The molecule has 29 heavy (non-hydrogen) atoms. The van der Waals surface area contributed by atoms with Gasteiger partial charge < -0.3 is 15.0 Å². The minimum atomic E-state index is -1.78. The molecule has 4 rings (SSSR count). The number of thiol groups is 3. The molecule has 9 nitrogen and oxygen atoms in total. The van der Waals surface area contributed by atoms with Crippen LogP contribution < -0.4 is 10.1 Å². The molecule has 3 aliphatic heterocycles. The van der Waals surface area contributed by atoms with Crippen LogP contribution in [0.15, 0.2) is 24.3 Å². The third-order valence-corrected chi connectivity index (χ3v) is 6.69. The van der Waals surface area contributed by atoms with E-state index in [-0.39, 0.29) is 12.5 Å². The summed E-state index contributed by atoms with van der Waals surface area (Å²) in [7, 11) is 1.53. The average molecular weight is 477 g/mol. The molecule has 2 amide bonds. The second-order valence-electron chi connectivity index (χ2n) is 6.07. The number of nitrogens with zero attached hydrogens (tertiary/aromatic N) is 1. The number of hydrogen-bond donors (Lipinski definition) is 4. The maximum absolute atomic E-state index is 12.7. The summed E-state index contributed by atoms with van der Waals surface area (Å²) in [5, 5.41) is 1.48. The highest BCUT2D eigenvalue weighted by atomic mass is 32.2. The number of thioether (sulfide) groups is 1. The van der Waals surface area contributed by atoms with Crippen LogP contribution in [0.2, 0.25) is 0 Å². The van der Waals surface area contributed by atoms with Crippen molar-refractivity contribution in [3.63, 3.8) is 0 Å². The van der Waals surface area contributed by atoms with E-state index in [0.717, 1.165) is 11.8 Å². The van der Waals surface area contributed by atoms with E-state index in [1.54, 1.807) is 24.3 Å². The number of piperazine rings is 1. The number of fused-ring (bicyclic) bond motifs is 3. The lowest BCUT2D eigenvalue weighted by atomic mass is 10.0. The predicted octanol–water partition coefficient (Wildman–Crippen LogP) is 0.408. The maximum Gasteiger partial charge on any atom is 0.383 e. The highest BCUT2D eigenvalue weighted by molar-refractivity contribution is 8.13. The van der Waals surface area contributed by atoms with Crippen molar-refractivity contribution in [3.8, 4) is 5.75 Å². The topological polar surface area (TPSA) is 111 Å². The molecule has 1 N–H and O–H groups in total. The highest BCUT2D eigenvalue weighted by Crippen LogP contribution is 2.47. The summed E-state index contributed by atoms with van der Waals surface area (Å²) in [4.78, 5) is 59.4. The first-order valence-electron chi connectivity index (χ1n) is 8.10. The zero-order chi connectivity index (χ0) is 21.3. The molecule has 3 aliphatic rings. The van der Waals surface area contributed by atoms with E-state index in [1.807, 2.05) is 0 Å². The zero-order valence-corrected chi connectivity index (χ0v) is 18.3. The normalized spacial score (nSPS) is 25.6. The Morgan fingerprint density at radius 3 is 2.48 bits per heavy atom. The van der Waals surface area contributed by atoms with Gasteiger partial charge in [-0.05, 0) is 17.7 Å². The van der Waals surface area contributed by atoms with Crippen LogP contribution in [0, 0.1) is 0 Å². The first-order valence-corrected chi connectivity index (χ1v) is 10.5. The monoisotopic (exact) mass is 476 g/mol. The van der Waals surface area contributed by atoms with Crippen molar-refractivity contribution in [3.05, 3.63) is 29.8 Å². The molecule has 2 bridgehead atoms. The van der Waals surface area contributed by atoms with Gasteiger partial charge in [-0.2, -0.15) is 25.3 Å². The van der Waals surface area contributed by atoms with Crippen molar-refractivity contribution < 1.29 is 33.7 Å². The summed E-state index contributed by atoms with van der Waals surface area (Å²) < 4.78 is 2.20. The number of carbonyl (C=O) groups excluding carboxylic acids is 4. The van der Waals surface area contributed by atoms with E-state index < -0.39 is 37.9 Å².